The molecule has 3 aromatic rings. The average molecular weight is 391 g/mol. The Morgan fingerprint density at radius 1 is 0.966 bits per heavy atom. The van der Waals surface area contributed by atoms with Crippen LogP contribution in [0.4, 0.5) is 0 Å². The van der Waals surface area contributed by atoms with Gasteiger partial charge in [-0.15, -0.1) is 0 Å². The molecule has 1 N–H and O–H groups in total. The van der Waals surface area contributed by atoms with Crippen molar-refractivity contribution < 1.29 is 4.79 Å². The van der Waals surface area contributed by atoms with Crippen LogP contribution in [0.25, 0.3) is 22.5 Å². The summed E-state index contributed by atoms with van der Waals surface area (Å²) >= 11 is 0. The summed E-state index contributed by atoms with van der Waals surface area (Å²) in [6, 6.07) is 20.2. The summed E-state index contributed by atoms with van der Waals surface area (Å²) in [5, 5.41) is 3.05. The van der Waals surface area contributed by atoms with Crippen LogP contribution in [0.1, 0.15) is 20.3 Å². The molecule has 0 bridgehead atoms. The Bertz CT molecular complexity index is 886. The van der Waals surface area contributed by atoms with E-state index in [1.165, 1.54) is 0 Å². The first-order valence-corrected chi connectivity index (χ1v) is 10.4. The van der Waals surface area contributed by atoms with Gasteiger partial charge in [0, 0.05) is 17.7 Å². The van der Waals surface area contributed by atoms with Gasteiger partial charge >= 0.3 is 0 Å². The van der Waals surface area contributed by atoms with Crippen molar-refractivity contribution in [3.05, 3.63) is 67.0 Å². The van der Waals surface area contributed by atoms with Gasteiger partial charge in [-0.1, -0.05) is 74.5 Å². The number of amides is 1. The number of nitrogens with zero attached hydrogens (tertiary/aromatic N) is 3. The first-order chi connectivity index (χ1) is 14.2. The van der Waals surface area contributed by atoms with Crippen molar-refractivity contribution in [1.82, 2.24) is 19.8 Å². The second-order valence-corrected chi connectivity index (χ2v) is 7.03. The number of carbonyl (C=O) groups is 1. The summed E-state index contributed by atoms with van der Waals surface area (Å²) in [6.07, 6.45) is 2.72. The van der Waals surface area contributed by atoms with Gasteiger partial charge in [0.1, 0.15) is 6.54 Å². The van der Waals surface area contributed by atoms with Crippen molar-refractivity contribution in [1.29, 1.82) is 0 Å². The van der Waals surface area contributed by atoms with Crippen LogP contribution in [0, 0.1) is 0 Å². The molecule has 1 aromatic heterocycles. The first-order valence-electron chi connectivity index (χ1n) is 10.4. The van der Waals surface area contributed by atoms with Crippen molar-refractivity contribution in [3.63, 3.8) is 0 Å². The van der Waals surface area contributed by atoms with Gasteiger partial charge in [0.05, 0.1) is 17.7 Å². The minimum Gasteiger partial charge on any atom is -0.355 e. The smallest absolute Gasteiger partial charge is 0.239 e. The molecular formula is C24H30N4O. The van der Waals surface area contributed by atoms with Crippen LogP contribution in [-0.2, 0) is 11.3 Å². The van der Waals surface area contributed by atoms with E-state index in [1.54, 1.807) is 6.33 Å². The van der Waals surface area contributed by atoms with E-state index in [-0.39, 0.29) is 12.5 Å². The maximum absolute atomic E-state index is 12.6. The Balaban J connectivity index is 1.72. The number of imidazole rings is 1. The van der Waals surface area contributed by atoms with Gasteiger partial charge in [0.25, 0.3) is 0 Å². The fraction of sp³-hybridized carbons (Fsp3) is 0.333. The van der Waals surface area contributed by atoms with E-state index in [9.17, 15) is 4.79 Å². The van der Waals surface area contributed by atoms with E-state index < -0.39 is 0 Å². The summed E-state index contributed by atoms with van der Waals surface area (Å²) in [4.78, 5) is 19.5. The van der Waals surface area contributed by atoms with E-state index in [1.807, 2.05) is 53.1 Å². The Hall–Kier alpha value is -2.92. The highest BCUT2D eigenvalue weighted by Crippen LogP contribution is 2.30. The van der Waals surface area contributed by atoms with Gasteiger partial charge in [0.15, 0.2) is 0 Å². The van der Waals surface area contributed by atoms with Gasteiger partial charge in [-0.25, -0.2) is 4.98 Å². The number of rotatable bonds is 10. The summed E-state index contributed by atoms with van der Waals surface area (Å²) in [5.74, 6) is 0.0127. The number of benzene rings is 2. The maximum atomic E-state index is 12.6. The predicted octanol–water partition coefficient (Wildman–Crippen LogP) is 4.07. The van der Waals surface area contributed by atoms with Crippen LogP contribution < -0.4 is 5.32 Å². The molecule has 3 rings (SSSR count). The van der Waals surface area contributed by atoms with Gasteiger partial charge in [-0.05, 0) is 26.1 Å². The molecular weight excluding hydrogens is 360 g/mol. The molecule has 0 radical (unpaired) electrons. The summed E-state index contributed by atoms with van der Waals surface area (Å²) in [6.45, 7) is 8.37. The van der Waals surface area contributed by atoms with Gasteiger partial charge in [-0.2, -0.15) is 0 Å². The molecule has 0 spiro atoms. The normalized spacial score (nSPS) is 11.0. The molecule has 5 nitrogen and oxygen atoms in total. The second-order valence-electron chi connectivity index (χ2n) is 7.03. The van der Waals surface area contributed by atoms with Crippen LogP contribution in [0.15, 0.2) is 67.0 Å². The molecule has 1 heterocycles. The van der Waals surface area contributed by atoms with Crippen LogP contribution in [0.3, 0.4) is 0 Å². The quantitative estimate of drug-likeness (QED) is 0.531. The lowest BCUT2D eigenvalue weighted by molar-refractivity contribution is -0.121. The lowest BCUT2D eigenvalue weighted by Crippen LogP contribution is -2.31. The highest BCUT2D eigenvalue weighted by molar-refractivity contribution is 5.81. The highest BCUT2D eigenvalue weighted by atomic mass is 16.1. The van der Waals surface area contributed by atoms with E-state index >= 15 is 0 Å². The van der Waals surface area contributed by atoms with E-state index in [2.05, 4.69) is 41.2 Å². The Morgan fingerprint density at radius 3 is 2.21 bits per heavy atom. The van der Waals surface area contributed by atoms with Crippen LogP contribution in [0.2, 0.25) is 0 Å². The molecule has 0 fully saturated rings. The minimum atomic E-state index is 0.0127. The number of carbonyl (C=O) groups excluding carboxylic acids is 1. The molecule has 152 valence electrons. The highest BCUT2D eigenvalue weighted by Gasteiger charge is 2.16. The molecule has 0 saturated heterocycles. The molecule has 0 saturated carbocycles. The van der Waals surface area contributed by atoms with Crippen LogP contribution >= 0.6 is 0 Å². The largest absolute Gasteiger partial charge is 0.355 e. The van der Waals surface area contributed by atoms with E-state index in [4.69, 9.17) is 0 Å². The SMILES string of the molecule is CCN(CC)CCCNC(=O)Cn1cnc(-c2ccccc2)c1-c1ccccc1. The Kier molecular flexibility index (Phi) is 7.59. The lowest BCUT2D eigenvalue weighted by atomic mass is 10.0. The molecule has 2 aromatic carbocycles. The van der Waals surface area contributed by atoms with Gasteiger partial charge in [0.2, 0.25) is 5.91 Å². The van der Waals surface area contributed by atoms with E-state index in [0.717, 1.165) is 48.6 Å². The average Bonchev–Trinajstić information content (AvgIpc) is 3.18. The van der Waals surface area contributed by atoms with Crippen LogP contribution in [-0.4, -0.2) is 46.5 Å². The summed E-state index contributed by atoms with van der Waals surface area (Å²) in [5.41, 5.74) is 3.96. The number of nitrogens with one attached hydrogen (secondary N) is 1. The lowest BCUT2D eigenvalue weighted by Gasteiger charge is -2.17. The molecule has 29 heavy (non-hydrogen) atoms. The van der Waals surface area contributed by atoms with Gasteiger partial charge < -0.3 is 14.8 Å². The molecule has 0 aliphatic carbocycles. The third-order valence-corrected chi connectivity index (χ3v) is 5.11. The van der Waals surface area contributed by atoms with Gasteiger partial charge in [-0.3, -0.25) is 4.79 Å². The standard InChI is InChI=1S/C24H30N4O/c1-3-27(4-2)17-11-16-25-22(29)18-28-19-26-23(20-12-7-5-8-13-20)24(28)21-14-9-6-10-15-21/h5-10,12-15,19H,3-4,11,16-18H2,1-2H3,(H,25,29). The molecule has 0 aliphatic rings. The fourth-order valence-corrected chi connectivity index (χ4v) is 3.49. The fourth-order valence-electron chi connectivity index (χ4n) is 3.49. The van der Waals surface area contributed by atoms with Crippen LogP contribution in [0.5, 0.6) is 0 Å². The second kappa shape index (κ2) is 10.6. The third-order valence-electron chi connectivity index (χ3n) is 5.11. The third kappa shape index (κ3) is 5.55. The zero-order chi connectivity index (χ0) is 20.5. The zero-order valence-electron chi connectivity index (χ0n) is 17.3. The monoisotopic (exact) mass is 390 g/mol. The molecule has 0 unspecified atom stereocenters. The first kappa shape index (κ1) is 20.8. The number of hydrogen-bond donors (Lipinski definition) is 1. The van der Waals surface area contributed by atoms with Crippen molar-refractivity contribution in [3.8, 4) is 22.5 Å². The van der Waals surface area contributed by atoms with Crippen molar-refractivity contribution in [2.24, 2.45) is 0 Å². The predicted molar refractivity (Wildman–Crippen MR) is 119 cm³/mol. The topological polar surface area (TPSA) is 50.2 Å². The van der Waals surface area contributed by atoms with Crippen molar-refractivity contribution >= 4 is 5.91 Å². The Labute approximate surface area is 173 Å². The van der Waals surface area contributed by atoms with E-state index in [0.29, 0.717) is 6.54 Å². The van der Waals surface area contributed by atoms with Crippen molar-refractivity contribution in [2.75, 3.05) is 26.2 Å². The number of aromatic nitrogens is 2. The maximum Gasteiger partial charge on any atom is 0.239 e. The number of hydrogen-bond acceptors (Lipinski definition) is 3. The Morgan fingerprint density at radius 2 is 1.59 bits per heavy atom. The molecule has 0 atom stereocenters. The summed E-state index contributed by atoms with van der Waals surface area (Å²) in [7, 11) is 0. The summed E-state index contributed by atoms with van der Waals surface area (Å²) < 4.78 is 1.94. The molecule has 5 heteroatoms. The van der Waals surface area contributed by atoms with Crippen molar-refractivity contribution in [2.45, 2.75) is 26.8 Å². The zero-order valence-corrected chi connectivity index (χ0v) is 17.3. The minimum absolute atomic E-state index is 0.0127. The molecule has 0 aliphatic heterocycles. The molecule has 1 amide bonds.